The molecule has 0 aliphatic carbocycles. The molecule has 1 atom stereocenters. The van der Waals surface area contributed by atoms with Gasteiger partial charge in [-0.15, -0.1) is 0 Å². The molecular weight excluding hydrogens is 496 g/mol. The Labute approximate surface area is 229 Å². The van der Waals surface area contributed by atoms with Crippen LogP contribution in [0.2, 0.25) is 0 Å². The average molecular weight is 535 g/mol. The highest BCUT2D eigenvalue weighted by molar-refractivity contribution is 5.95. The van der Waals surface area contributed by atoms with Crippen LogP contribution in [0.4, 0.5) is 0 Å². The number of ether oxygens (including phenoxy) is 2. The second-order valence-electron chi connectivity index (χ2n) is 10.0. The van der Waals surface area contributed by atoms with Crippen LogP contribution in [0.1, 0.15) is 66.4 Å². The van der Waals surface area contributed by atoms with Gasteiger partial charge in [0.25, 0.3) is 5.91 Å². The second-order valence-corrected chi connectivity index (χ2v) is 10.0. The van der Waals surface area contributed by atoms with Crippen LogP contribution in [0.15, 0.2) is 42.5 Å². The van der Waals surface area contributed by atoms with Crippen molar-refractivity contribution in [1.29, 1.82) is 0 Å². The summed E-state index contributed by atoms with van der Waals surface area (Å²) in [5, 5.41) is 14.2. The SMILES string of the molecule is CCN(CC)C1CCN(C(=O)c2ccc(-n3nc(C(=O)O)cc3-c3c(OC)cccc3OC)c(C(C)C)c2)C1. The molecule has 1 amide bonds. The number of aromatic nitrogens is 2. The normalized spacial score (nSPS) is 15.3. The molecule has 9 heteroatoms. The Morgan fingerprint density at radius 3 is 2.31 bits per heavy atom. The van der Waals surface area contributed by atoms with Crippen molar-refractivity contribution in [3.63, 3.8) is 0 Å². The highest BCUT2D eigenvalue weighted by Crippen LogP contribution is 2.40. The van der Waals surface area contributed by atoms with E-state index >= 15 is 0 Å². The summed E-state index contributed by atoms with van der Waals surface area (Å²) in [7, 11) is 3.11. The Bertz CT molecular complexity index is 1320. The van der Waals surface area contributed by atoms with Crippen molar-refractivity contribution in [2.24, 2.45) is 0 Å². The van der Waals surface area contributed by atoms with E-state index in [1.807, 2.05) is 36.9 Å². The largest absolute Gasteiger partial charge is 0.496 e. The van der Waals surface area contributed by atoms with Gasteiger partial charge in [-0.25, -0.2) is 9.48 Å². The molecule has 3 aromatic rings. The first-order valence-electron chi connectivity index (χ1n) is 13.5. The van der Waals surface area contributed by atoms with E-state index in [2.05, 4.69) is 23.8 Å². The van der Waals surface area contributed by atoms with Crippen LogP contribution in [0.25, 0.3) is 16.9 Å². The van der Waals surface area contributed by atoms with Crippen molar-refractivity contribution in [3.8, 4) is 28.4 Å². The highest BCUT2D eigenvalue weighted by atomic mass is 16.5. The number of nitrogens with zero attached hydrogens (tertiary/aromatic N) is 4. The Kier molecular flexibility index (Phi) is 8.60. The van der Waals surface area contributed by atoms with E-state index in [0.29, 0.717) is 40.0 Å². The third-order valence-corrected chi connectivity index (χ3v) is 7.52. The summed E-state index contributed by atoms with van der Waals surface area (Å²) in [6.45, 7) is 11.8. The van der Waals surface area contributed by atoms with E-state index < -0.39 is 5.97 Å². The van der Waals surface area contributed by atoms with E-state index in [1.54, 1.807) is 37.1 Å². The Morgan fingerprint density at radius 2 is 1.74 bits per heavy atom. The number of likely N-dealkylation sites (tertiary alicyclic amines) is 1. The van der Waals surface area contributed by atoms with Crippen molar-refractivity contribution < 1.29 is 24.2 Å². The zero-order valence-corrected chi connectivity index (χ0v) is 23.6. The van der Waals surface area contributed by atoms with Crippen molar-refractivity contribution in [3.05, 3.63) is 59.3 Å². The summed E-state index contributed by atoms with van der Waals surface area (Å²) >= 11 is 0. The number of hydrogen-bond donors (Lipinski definition) is 1. The minimum absolute atomic E-state index is 0.0106. The summed E-state index contributed by atoms with van der Waals surface area (Å²) in [6.07, 6.45) is 0.970. The molecule has 1 aliphatic heterocycles. The Hall–Kier alpha value is -3.85. The van der Waals surface area contributed by atoms with Crippen LogP contribution < -0.4 is 9.47 Å². The third-order valence-electron chi connectivity index (χ3n) is 7.52. The first-order valence-corrected chi connectivity index (χ1v) is 13.5. The number of carboxylic acid groups (broad SMARTS) is 1. The monoisotopic (exact) mass is 534 g/mol. The summed E-state index contributed by atoms with van der Waals surface area (Å²) < 4.78 is 12.8. The predicted octanol–water partition coefficient (Wildman–Crippen LogP) is 4.93. The van der Waals surface area contributed by atoms with E-state index in [0.717, 1.165) is 38.2 Å². The number of carbonyl (C=O) groups excluding carboxylic acids is 1. The number of hydrogen-bond acceptors (Lipinski definition) is 6. The molecule has 2 aromatic carbocycles. The van der Waals surface area contributed by atoms with Crippen LogP contribution in [0, 0.1) is 0 Å². The van der Waals surface area contributed by atoms with Gasteiger partial charge in [0.15, 0.2) is 5.69 Å². The lowest BCUT2D eigenvalue weighted by Gasteiger charge is -2.26. The van der Waals surface area contributed by atoms with Gasteiger partial charge in [0.1, 0.15) is 11.5 Å². The minimum Gasteiger partial charge on any atom is -0.496 e. The lowest BCUT2D eigenvalue weighted by molar-refractivity contribution is 0.0689. The van der Waals surface area contributed by atoms with Crippen molar-refractivity contribution in [1.82, 2.24) is 19.6 Å². The van der Waals surface area contributed by atoms with Gasteiger partial charge >= 0.3 is 5.97 Å². The fraction of sp³-hybridized carbons (Fsp3) is 0.433. The topological polar surface area (TPSA) is 97.1 Å². The smallest absolute Gasteiger partial charge is 0.356 e. The molecule has 1 saturated heterocycles. The summed E-state index contributed by atoms with van der Waals surface area (Å²) in [5.74, 6) is -0.0288. The van der Waals surface area contributed by atoms with Crippen LogP contribution in [-0.2, 0) is 0 Å². The first-order chi connectivity index (χ1) is 18.7. The summed E-state index contributed by atoms with van der Waals surface area (Å²) in [6, 6.07) is 12.9. The molecule has 1 unspecified atom stereocenters. The second kappa shape index (κ2) is 11.9. The Balaban J connectivity index is 1.79. The molecule has 1 N–H and O–H groups in total. The summed E-state index contributed by atoms with van der Waals surface area (Å²) in [5.41, 5.74) is 3.20. The van der Waals surface area contributed by atoms with Gasteiger partial charge in [0, 0.05) is 24.7 Å². The number of likely N-dealkylation sites (N-methyl/N-ethyl adjacent to an activating group) is 1. The van der Waals surface area contributed by atoms with E-state index in [-0.39, 0.29) is 17.5 Å². The number of rotatable bonds is 10. The van der Waals surface area contributed by atoms with Crippen molar-refractivity contribution >= 4 is 11.9 Å². The zero-order chi connectivity index (χ0) is 28.3. The van der Waals surface area contributed by atoms with Crippen molar-refractivity contribution in [2.45, 2.75) is 46.1 Å². The zero-order valence-electron chi connectivity index (χ0n) is 23.6. The maximum Gasteiger partial charge on any atom is 0.356 e. The molecule has 0 radical (unpaired) electrons. The lowest BCUT2D eigenvalue weighted by atomic mass is 9.97. The average Bonchev–Trinajstić information content (AvgIpc) is 3.61. The van der Waals surface area contributed by atoms with Gasteiger partial charge in [-0.1, -0.05) is 33.8 Å². The fourth-order valence-corrected chi connectivity index (χ4v) is 5.44. The molecule has 1 aromatic heterocycles. The third kappa shape index (κ3) is 5.49. The number of amides is 1. The molecule has 39 heavy (non-hydrogen) atoms. The minimum atomic E-state index is -1.14. The van der Waals surface area contributed by atoms with E-state index in [9.17, 15) is 14.7 Å². The maximum absolute atomic E-state index is 13.5. The quantitative estimate of drug-likeness (QED) is 0.394. The standard InChI is InChI=1S/C30H38N4O5/c1-7-32(8-2)21-14-15-33(18-21)29(35)20-12-13-24(22(16-20)19(3)4)34-25(17-23(31-34)30(36)37)28-26(38-5)10-9-11-27(28)39-6/h9-13,16-17,19,21H,7-8,14-15,18H2,1-6H3,(H,36,37). The van der Waals surface area contributed by atoms with Crippen LogP contribution in [0.3, 0.4) is 0 Å². The molecule has 9 nitrogen and oxygen atoms in total. The Morgan fingerprint density at radius 1 is 1.08 bits per heavy atom. The maximum atomic E-state index is 13.5. The van der Waals surface area contributed by atoms with E-state index in [1.165, 1.54) is 6.07 Å². The molecule has 0 spiro atoms. The molecule has 4 rings (SSSR count). The van der Waals surface area contributed by atoms with Crippen LogP contribution >= 0.6 is 0 Å². The number of methoxy groups -OCH3 is 2. The van der Waals surface area contributed by atoms with Crippen LogP contribution in [0.5, 0.6) is 11.5 Å². The fourth-order valence-electron chi connectivity index (χ4n) is 5.44. The first kappa shape index (κ1) is 28.2. The number of carboxylic acids is 1. The molecule has 1 aliphatic rings. The van der Waals surface area contributed by atoms with Gasteiger partial charge in [0.2, 0.25) is 0 Å². The van der Waals surface area contributed by atoms with E-state index in [4.69, 9.17) is 9.47 Å². The molecular formula is C30H38N4O5. The number of carbonyl (C=O) groups is 2. The lowest BCUT2D eigenvalue weighted by Crippen LogP contribution is -2.38. The van der Waals surface area contributed by atoms with Gasteiger partial charge in [-0.3, -0.25) is 9.69 Å². The summed E-state index contributed by atoms with van der Waals surface area (Å²) in [4.78, 5) is 29.8. The molecule has 2 heterocycles. The van der Waals surface area contributed by atoms with Gasteiger partial charge in [-0.05, 0) is 67.4 Å². The van der Waals surface area contributed by atoms with Gasteiger partial charge in [-0.2, -0.15) is 5.10 Å². The predicted molar refractivity (Wildman–Crippen MR) is 150 cm³/mol. The van der Waals surface area contributed by atoms with Gasteiger partial charge < -0.3 is 19.5 Å². The van der Waals surface area contributed by atoms with Crippen molar-refractivity contribution in [2.75, 3.05) is 40.4 Å². The number of aromatic carboxylic acids is 1. The van der Waals surface area contributed by atoms with Crippen LogP contribution in [-0.4, -0.2) is 83.0 Å². The van der Waals surface area contributed by atoms with Gasteiger partial charge in [0.05, 0.1) is 31.2 Å². The molecule has 208 valence electrons. The number of benzene rings is 2. The molecule has 0 saturated carbocycles. The molecule has 0 bridgehead atoms. The molecule has 1 fully saturated rings. The highest BCUT2D eigenvalue weighted by Gasteiger charge is 2.30.